The first kappa shape index (κ1) is 18.0. The molecule has 1 saturated carbocycles. The number of fused-ring (bicyclic) bond motifs is 1. The van der Waals surface area contributed by atoms with Crippen molar-refractivity contribution in [2.45, 2.75) is 50.0 Å². The molecule has 2 aliphatic rings. The minimum Gasteiger partial charge on any atom is -0.480 e. The highest BCUT2D eigenvalue weighted by atomic mass is 16.5. The summed E-state index contributed by atoms with van der Waals surface area (Å²) in [5.74, 6) is -0.610. The number of ether oxygens (including phenoxy) is 2. The predicted octanol–water partition coefficient (Wildman–Crippen LogP) is 1.13. The lowest BCUT2D eigenvalue weighted by Crippen LogP contribution is -2.51. The van der Waals surface area contributed by atoms with Crippen LogP contribution in [0.15, 0.2) is 12.4 Å². The maximum absolute atomic E-state index is 10.6. The van der Waals surface area contributed by atoms with Crippen molar-refractivity contribution in [1.82, 2.24) is 14.9 Å². The van der Waals surface area contributed by atoms with Gasteiger partial charge in [0.2, 0.25) is 5.95 Å². The van der Waals surface area contributed by atoms with E-state index in [9.17, 15) is 4.79 Å². The van der Waals surface area contributed by atoms with E-state index in [2.05, 4.69) is 20.2 Å². The first-order chi connectivity index (χ1) is 12.1. The van der Waals surface area contributed by atoms with E-state index in [0.29, 0.717) is 12.0 Å². The van der Waals surface area contributed by atoms with Gasteiger partial charge in [-0.15, -0.1) is 0 Å². The zero-order valence-electron chi connectivity index (χ0n) is 14.8. The number of likely N-dealkylation sites (tertiary alicyclic amines) is 1. The van der Waals surface area contributed by atoms with Gasteiger partial charge in [-0.2, -0.15) is 0 Å². The predicted molar refractivity (Wildman–Crippen MR) is 91.4 cm³/mol. The topological polar surface area (TPSA) is 96.8 Å². The Kier molecular flexibility index (Phi) is 5.51. The second-order valence-electron chi connectivity index (χ2n) is 6.80. The lowest BCUT2D eigenvalue weighted by atomic mass is 9.79. The fraction of sp³-hybridized carbons (Fsp3) is 0.706. The molecule has 1 saturated heterocycles. The molecule has 3 rings (SSSR count). The van der Waals surface area contributed by atoms with Crippen LogP contribution in [0.5, 0.6) is 0 Å². The first-order valence-electron chi connectivity index (χ1n) is 8.65. The minimum absolute atomic E-state index is 0.0706. The monoisotopic (exact) mass is 350 g/mol. The molecule has 138 valence electrons. The standard InChI is InChI=1S/C17H26N4O4/c1-24-13-3-4-17(25-2)5-6-21(14(17)7-13)11-12-8-18-16(19-9-12)20-10-15(22)23/h8-9,13-14H,3-7,10-11H2,1-2H3,(H,22,23)(H,18,19,20)/t13-,14-,17+/m0/s1. The number of methoxy groups -OCH3 is 2. The van der Waals surface area contributed by atoms with Crippen LogP contribution >= 0.6 is 0 Å². The molecule has 1 aliphatic carbocycles. The van der Waals surface area contributed by atoms with Crippen molar-refractivity contribution in [3.63, 3.8) is 0 Å². The summed E-state index contributed by atoms with van der Waals surface area (Å²) < 4.78 is 11.5. The number of aliphatic carboxylic acids is 1. The number of hydrogen-bond donors (Lipinski definition) is 2. The molecule has 25 heavy (non-hydrogen) atoms. The van der Waals surface area contributed by atoms with Crippen LogP contribution < -0.4 is 5.32 Å². The smallest absolute Gasteiger partial charge is 0.322 e. The Morgan fingerprint density at radius 2 is 2.16 bits per heavy atom. The van der Waals surface area contributed by atoms with Crippen LogP contribution in [0.4, 0.5) is 5.95 Å². The molecule has 0 unspecified atom stereocenters. The van der Waals surface area contributed by atoms with E-state index in [1.807, 2.05) is 7.11 Å². The van der Waals surface area contributed by atoms with Crippen LogP contribution in [-0.4, -0.2) is 71.0 Å². The SMILES string of the molecule is CO[C@H]1CC[C@@]2(OC)CCN(Cc3cnc(NCC(=O)O)nc3)[C@H]2C1. The third kappa shape index (κ3) is 3.91. The molecule has 1 aliphatic heterocycles. The lowest BCUT2D eigenvalue weighted by molar-refractivity contribution is -0.134. The number of rotatable bonds is 7. The molecule has 1 aromatic heterocycles. The van der Waals surface area contributed by atoms with Crippen molar-refractivity contribution in [2.24, 2.45) is 0 Å². The Bertz CT molecular complexity index is 597. The minimum atomic E-state index is -0.939. The van der Waals surface area contributed by atoms with Crippen molar-refractivity contribution in [3.8, 4) is 0 Å². The van der Waals surface area contributed by atoms with E-state index in [1.54, 1.807) is 19.5 Å². The summed E-state index contributed by atoms with van der Waals surface area (Å²) in [6.45, 7) is 1.54. The first-order valence-corrected chi connectivity index (χ1v) is 8.65. The molecule has 0 aromatic carbocycles. The largest absolute Gasteiger partial charge is 0.480 e. The van der Waals surface area contributed by atoms with Crippen LogP contribution in [0.2, 0.25) is 0 Å². The average Bonchev–Trinajstić information content (AvgIpc) is 2.99. The highest BCUT2D eigenvalue weighted by Crippen LogP contribution is 2.43. The molecule has 0 amide bonds. The maximum atomic E-state index is 10.6. The molecule has 2 heterocycles. The third-order valence-electron chi connectivity index (χ3n) is 5.47. The Morgan fingerprint density at radius 1 is 1.40 bits per heavy atom. The molecule has 3 atom stereocenters. The Hall–Kier alpha value is -1.77. The highest BCUT2D eigenvalue weighted by Gasteiger charge is 2.50. The van der Waals surface area contributed by atoms with Gasteiger partial charge in [-0.1, -0.05) is 0 Å². The fourth-order valence-corrected chi connectivity index (χ4v) is 4.08. The van der Waals surface area contributed by atoms with Crippen molar-refractivity contribution < 1.29 is 19.4 Å². The zero-order valence-corrected chi connectivity index (χ0v) is 14.8. The van der Waals surface area contributed by atoms with Gasteiger partial charge in [0.05, 0.1) is 11.7 Å². The van der Waals surface area contributed by atoms with E-state index < -0.39 is 5.97 Å². The summed E-state index contributed by atoms with van der Waals surface area (Å²) in [4.78, 5) is 21.4. The highest BCUT2D eigenvalue weighted by molar-refractivity contribution is 5.71. The lowest BCUT2D eigenvalue weighted by Gasteiger charge is -2.43. The Labute approximate surface area is 147 Å². The van der Waals surface area contributed by atoms with Crippen molar-refractivity contribution in [1.29, 1.82) is 0 Å². The summed E-state index contributed by atoms with van der Waals surface area (Å²) in [5.41, 5.74) is 0.936. The number of hydrogen-bond acceptors (Lipinski definition) is 7. The molecule has 8 heteroatoms. The molecular weight excluding hydrogens is 324 g/mol. The van der Waals surface area contributed by atoms with E-state index in [1.165, 1.54) is 0 Å². The summed E-state index contributed by atoms with van der Waals surface area (Å²) >= 11 is 0. The van der Waals surface area contributed by atoms with Gasteiger partial charge in [0.1, 0.15) is 6.54 Å². The van der Waals surface area contributed by atoms with Crippen LogP contribution in [0, 0.1) is 0 Å². The van der Waals surface area contributed by atoms with E-state index in [4.69, 9.17) is 14.6 Å². The van der Waals surface area contributed by atoms with Crippen molar-refractivity contribution in [3.05, 3.63) is 18.0 Å². The quantitative estimate of drug-likeness (QED) is 0.755. The summed E-state index contributed by atoms with van der Waals surface area (Å²) in [7, 11) is 3.59. The zero-order chi connectivity index (χ0) is 17.9. The second-order valence-corrected chi connectivity index (χ2v) is 6.80. The fourth-order valence-electron chi connectivity index (χ4n) is 4.08. The van der Waals surface area contributed by atoms with E-state index >= 15 is 0 Å². The number of carboxylic acid groups (broad SMARTS) is 1. The average molecular weight is 350 g/mol. The van der Waals surface area contributed by atoms with Gasteiger partial charge < -0.3 is 19.9 Å². The van der Waals surface area contributed by atoms with Gasteiger partial charge >= 0.3 is 5.97 Å². The molecule has 0 bridgehead atoms. The number of anilines is 1. The number of aromatic nitrogens is 2. The molecule has 0 spiro atoms. The van der Waals surface area contributed by atoms with E-state index in [0.717, 1.165) is 44.3 Å². The van der Waals surface area contributed by atoms with Crippen molar-refractivity contribution >= 4 is 11.9 Å². The van der Waals surface area contributed by atoms with Gasteiger partial charge in [0, 0.05) is 51.3 Å². The van der Waals surface area contributed by atoms with Gasteiger partial charge in [-0.05, 0) is 25.7 Å². The molecule has 8 nitrogen and oxygen atoms in total. The number of nitrogens with one attached hydrogen (secondary N) is 1. The molecule has 2 fully saturated rings. The summed E-state index contributed by atoms with van der Waals surface area (Å²) in [6, 6.07) is 0.334. The number of carbonyl (C=O) groups is 1. The van der Waals surface area contributed by atoms with Crippen LogP contribution in [0.3, 0.4) is 0 Å². The maximum Gasteiger partial charge on any atom is 0.322 e. The number of carboxylic acids is 1. The van der Waals surface area contributed by atoms with Gasteiger partial charge in [-0.25, -0.2) is 9.97 Å². The van der Waals surface area contributed by atoms with Crippen LogP contribution in [0.1, 0.15) is 31.2 Å². The van der Waals surface area contributed by atoms with Gasteiger partial charge in [0.15, 0.2) is 0 Å². The van der Waals surface area contributed by atoms with Gasteiger partial charge in [0.25, 0.3) is 0 Å². The normalized spacial score (nSPS) is 29.4. The molecule has 2 N–H and O–H groups in total. The van der Waals surface area contributed by atoms with Crippen LogP contribution in [0.25, 0.3) is 0 Å². The summed E-state index contributed by atoms with van der Waals surface area (Å²) in [6.07, 6.45) is 7.86. The van der Waals surface area contributed by atoms with Gasteiger partial charge in [-0.3, -0.25) is 9.69 Å². The molecular formula is C17H26N4O4. The van der Waals surface area contributed by atoms with Crippen molar-refractivity contribution in [2.75, 3.05) is 32.6 Å². The Morgan fingerprint density at radius 3 is 2.80 bits per heavy atom. The molecule has 0 radical (unpaired) electrons. The Balaban J connectivity index is 1.65. The third-order valence-corrected chi connectivity index (χ3v) is 5.47. The molecule has 1 aromatic rings. The summed E-state index contributed by atoms with van der Waals surface area (Å²) in [5, 5.41) is 11.3. The second kappa shape index (κ2) is 7.63. The van der Waals surface area contributed by atoms with Crippen LogP contribution in [-0.2, 0) is 20.8 Å². The van der Waals surface area contributed by atoms with E-state index in [-0.39, 0.29) is 18.2 Å². The number of nitrogens with zero attached hydrogens (tertiary/aromatic N) is 3.